The van der Waals surface area contributed by atoms with E-state index in [0.29, 0.717) is 0 Å². The predicted octanol–water partition coefficient (Wildman–Crippen LogP) is -1.05. The highest BCUT2D eigenvalue weighted by molar-refractivity contribution is 4.79. The Balaban J connectivity index is 1.83. The SMILES string of the molecule is CN1CCN(Cc2nn[nH]n2)CC1. The van der Waals surface area contributed by atoms with Crippen LogP contribution < -0.4 is 0 Å². The van der Waals surface area contributed by atoms with Crippen molar-refractivity contribution in [3.63, 3.8) is 0 Å². The monoisotopic (exact) mass is 182 g/mol. The second-order valence-electron chi connectivity index (χ2n) is 3.41. The molecule has 0 aromatic carbocycles. The Bertz CT molecular complexity index is 237. The molecular weight excluding hydrogens is 168 g/mol. The summed E-state index contributed by atoms with van der Waals surface area (Å²) in [4.78, 5) is 4.66. The number of nitrogens with zero attached hydrogens (tertiary/aromatic N) is 5. The molecule has 0 spiro atoms. The van der Waals surface area contributed by atoms with E-state index < -0.39 is 0 Å². The minimum atomic E-state index is 0.782. The van der Waals surface area contributed by atoms with Crippen LogP contribution >= 0.6 is 0 Å². The Morgan fingerprint density at radius 2 is 2.08 bits per heavy atom. The lowest BCUT2D eigenvalue weighted by molar-refractivity contribution is 0.145. The van der Waals surface area contributed by atoms with Crippen LogP contribution in [-0.4, -0.2) is 63.7 Å². The Morgan fingerprint density at radius 1 is 1.31 bits per heavy atom. The van der Waals surface area contributed by atoms with Crippen LogP contribution in [0.2, 0.25) is 0 Å². The largest absolute Gasteiger partial charge is 0.304 e. The van der Waals surface area contributed by atoms with E-state index in [-0.39, 0.29) is 0 Å². The highest BCUT2D eigenvalue weighted by atomic mass is 15.5. The number of hydrogen-bond donors (Lipinski definition) is 1. The van der Waals surface area contributed by atoms with Gasteiger partial charge in [-0.15, -0.1) is 10.2 Å². The summed E-state index contributed by atoms with van der Waals surface area (Å²) < 4.78 is 0. The molecule has 0 atom stereocenters. The number of H-pyrrole nitrogens is 1. The lowest BCUT2D eigenvalue weighted by Gasteiger charge is -2.31. The van der Waals surface area contributed by atoms with E-state index in [4.69, 9.17) is 0 Å². The molecule has 1 aliphatic heterocycles. The zero-order valence-electron chi connectivity index (χ0n) is 7.77. The second kappa shape index (κ2) is 3.80. The molecule has 6 nitrogen and oxygen atoms in total. The lowest BCUT2D eigenvalue weighted by atomic mass is 10.3. The molecule has 1 aliphatic rings. The molecule has 0 unspecified atom stereocenters. The molecule has 0 amide bonds. The molecule has 2 heterocycles. The summed E-state index contributed by atoms with van der Waals surface area (Å²) in [5, 5.41) is 13.8. The van der Waals surface area contributed by atoms with Crippen molar-refractivity contribution in [2.45, 2.75) is 6.54 Å². The van der Waals surface area contributed by atoms with Gasteiger partial charge in [0.15, 0.2) is 5.82 Å². The van der Waals surface area contributed by atoms with Crippen molar-refractivity contribution < 1.29 is 0 Å². The molecule has 1 aromatic heterocycles. The van der Waals surface area contributed by atoms with Crippen molar-refractivity contribution in [2.75, 3.05) is 33.2 Å². The molecule has 0 bridgehead atoms. The maximum atomic E-state index is 3.93. The van der Waals surface area contributed by atoms with Crippen LogP contribution in [0.25, 0.3) is 0 Å². The van der Waals surface area contributed by atoms with E-state index in [1.165, 1.54) is 0 Å². The summed E-state index contributed by atoms with van der Waals surface area (Å²) in [5.41, 5.74) is 0. The minimum Gasteiger partial charge on any atom is -0.304 e. The zero-order chi connectivity index (χ0) is 9.10. The van der Waals surface area contributed by atoms with Gasteiger partial charge in [-0.25, -0.2) is 0 Å². The molecule has 6 heteroatoms. The smallest absolute Gasteiger partial charge is 0.188 e. The summed E-state index contributed by atoms with van der Waals surface area (Å²) in [6.45, 7) is 5.23. The average molecular weight is 182 g/mol. The van der Waals surface area contributed by atoms with Gasteiger partial charge in [-0.05, 0) is 7.05 Å². The number of aromatic nitrogens is 4. The fraction of sp³-hybridized carbons (Fsp3) is 0.857. The third-order valence-corrected chi connectivity index (χ3v) is 2.35. The van der Waals surface area contributed by atoms with Crippen molar-refractivity contribution in [3.05, 3.63) is 5.82 Å². The van der Waals surface area contributed by atoms with Crippen LogP contribution in [0.3, 0.4) is 0 Å². The third kappa shape index (κ3) is 2.22. The van der Waals surface area contributed by atoms with Gasteiger partial charge >= 0.3 is 0 Å². The molecule has 0 radical (unpaired) electrons. The van der Waals surface area contributed by atoms with Gasteiger partial charge in [-0.2, -0.15) is 5.21 Å². The summed E-state index contributed by atoms with van der Waals surface area (Å²) >= 11 is 0. The van der Waals surface area contributed by atoms with Crippen LogP contribution in [0.5, 0.6) is 0 Å². The first-order valence-corrected chi connectivity index (χ1v) is 4.48. The molecule has 1 aromatic rings. The Kier molecular flexibility index (Phi) is 2.51. The van der Waals surface area contributed by atoms with Crippen molar-refractivity contribution in [2.24, 2.45) is 0 Å². The Hall–Kier alpha value is -1.01. The summed E-state index contributed by atoms with van der Waals surface area (Å²) in [7, 11) is 2.14. The van der Waals surface area contributed by atoms with E-state index in [1.807, 2.05) is 0 Å². The van der Waals surface area contributed by atoms with Crippen LogP contribution in [-0.2, 0) is 6.54 Å². The number of nitrogens with one attached hydrogen (secondary N) is 1. The lowest BCUT2D eigenvalue weighted by Crippen LogP contribution is -2.44. The maximum absolute atomic E-state index is 3.93. The average Bonchev–Trinajstić information content (AvgIpc) is 2.62. The summed E-state index contributed by atoms with van der Waals surface area (Å²) in [5.74, 6) is 0.782. The normalized spacial score (nSPS) is 20.7. The zero-order valence-corrected chi connectivity index (χ0v) is 7.77. The van der Waals surface area contributed by atoms with Gasteiger partial charge < -0.3 is 4.90 Å². The fourth-order valence-electron chi connectivity index (χ4n) is 1.46. The predicted molar refractivity (Wildman–Crippen MR) is 47.0 cm³/mol. The first-order chi connectivity index (χ1) is 6.34. The fourth-order valence-corrected chi connectivity index (χ4v) is 1.46. The van der Waals surface area contributed by atoms with Gasteiger partial charge in [-0.3, -0.25) is 4.90 Å². The Labute approximate surface area is 76.9 Å². The van der Waals surface area contributed by atoms with Gasteiger partial charge in [-0.1, -0.05) is 5.21 Å². The van der Waals surface area contributed by atoms with E-state index in [0.717, 1.165) is 38.5 Å². The molecule has 72 valence electrons. The topological polar surface area (TPSA) is 60.9 Å². The minimum absolute atomic E-state index is 0.782. The van der Waals surface area contributed by atoms with Crippen LogP contribution in [0.15, 0.2) is 0 Å². The molecule has 0 aliphatic carbocycles. The Morgan fingerprint density at radius 3 is 2.69 bits per heavy atom. The number of aromatic amines is 1. The summed E-state index contributed by atoms with van der Waals surface area (Å²) in [6.07, 6.45) is 0. The van der Waals surface area contributed by atoms with Gasteiger partial charge in [0.05, 0.1) is 6.54 Å². The van der Waals surface area contributed by atoms with E-state index in [9.17, 15) is 0 Å². The number of likely N-dealkylation sites (N-methyl/N-ethyl adjacent to an activating group) is 1. The van der Waals surface area contributed by atoms with Crippen LogP contribution in [0.4, 0.5) is 0 Å². The van der Waals surface area contributed by atoms with E-state index in [1.54, 1.807) is 0 Å². The number of hydrogen-bond acceptors (Lipinski definition) is 5. The van der Waals surface area contributed by atoms with Crippen molar-refractivity contribution in [3.8, 4) is 0 Å². The van der Waals surface area contributed by atoms with Crippen LogP contribution in [0.1, 0.15) is 5.82 Å². The third-order valence-electron chi connectivity index (χ3n) is 2.35. The summed E-state index contributed by atoms with van der Waals surface area (Å²) in [6, 6.07) is 0. The molecule has 13 heavy (non-hydrogen) atoms. The van der Waals surface area contributed by atoms with Crippen molar-refractivity contribution >= 4 is 0 Å². The van der Waals surface area contributed by atoms with Gasteiger partial charge in [0.2, 0.25) is 0 Å². The van der Waals surface area contributed by atoms with E-state index in [2.05, 4.69) is 37.5 Å². The molecular formula is C7H14N6. The first-order valence-electron chi connectivity index (χ1n) is 4.48. The molecule has 2 rings (SSSR count). The van der Waals surface area contributed by atoms with E-state index >= 15 is 0 Å². The molecule has 1 fully saturated rings. The van der Waals surface area contributed by atoms with Gasteiger partial charge in [0.1, 0.15) is 0 Å². The van der Waals surface area contributed by atoms with Crippen LogP contribution in [0, 0.1) is 0 Å². The molecule has 1 N–H and O–H groups in total. The van der Waals surface area contributed by atoms with Crippen molar-refractivity contribution in [1.82, 2.24) is 30.4 Å². The standard InChI is InChI=1S/C7H14N6/c1-12-2-4-13(5-3-12)6-7-8-10-11-9-7/h2-6H2,1H3,(H,8,9,10,11). The number of tetrazole rings is 1. The highest BCUT2D eigenvalue weighted by Crippen LogP contribution is 2.02. The second-order valence-corrected chi connectivity index (χ2v) is 3.41. The number of piperazine rings is 1. The molecule has 0 saturated carbocycles. The molecule has 1 saturated heterocycles. The van der Waals surface area contributed by atoms with Gasteiger partial charge in [0, 0.05) is 26.2 Å². The maximum Gasteiger partial charge on any atom is 0.188 e. The van der Waals surface area contributed by atoms with Gasteiger partial charge in [0.25, 0.3) is 0 Å². The quantitative estimate of drug-likeness (QED) is 0.632. The first kappa shape index (κ1) is 8.58. The highest BCUT2D eigenvalue weighted by Gasteiger charge is 2.14. The van der Waals surface area contributed by atoms with Crippen molar-refractivity contribution in [1.29, 1.82) is 0 Å². The number of rotatable bonds is 2.